The Balaban J connectivity index is 2.05. The third kappa shape index (κ3) is 2.52. The first kappa shape index (κ1) is 13.4. The SMILES string of the molecule is CCc1ccn(C(C)C2CCC(C=O)CC2)c1C. The molecular weight excluding hydrogens is 222 g/mol. The van der Waals surface area contributed by atoms with E-state index < -0.39 is 0 Å². The van der Waals surface area contributed by atoms with Gasteiger partial charge in [0, 0.05) is 23.9 Å². The first-order valence-corrected chi connectivity index (χ1v) is 7.29. The number of aromatic nitrogens is 1. The molecule has 0 amide bonds. The summed E-state index contributed by atoms with van der Waals surface area (Å²) in [6.07, 6.45) is 9.07. The summed E-state index contributed by atoms with van der Waals surface area (Å²) >= 11 is 0. The molecular formula is C16H25NO. The molecule has 0 aliphatic heterocycles. The minimum Gasteiger partial charge on any atom is -0.348 e. The molecule has 0 radical (unpaired) electrons. The molecule has 1 heterocycles. The Bertz CT molecular complexity index is 399. The zero-order chi connectivity index (χ0) is 13.1. The van der Waals surface area contributed by atoms with Crippen molar-refractivity contribution in [3.8, 4) is 0 Å². The molecule has 1 fully saturated rings. The monoisotopic (exact) mass is 247 g/mol. The van der Waals surface area contributed by atoms with Crippen LogP contribution in [0.25, 0.3) is 0 Å². The maximum atomic E-state index is 10.8. The number of hydrogen-bond donors (Lipinski definition) is 0. The lowest BCUT2D eigenvalue weighted by Gasteiger charge is -2.32. The van der Waals surface area contributed by atoms with E-state index in [0.29, 0.717) is 12.0 Å². The van der Waals surface area contributed by atoms with Gasteiger partial charge in [0.15, 0.2) is 0 Å². The van der Waals surface area contributed by atoms with E-state index in [1.807, 2.05) is 0 Å². The molecule has 0 saturated heterocycles. The van der Waals surface area contributed by atoms with Crippen LogP contribution in [0.15, 0.2) is 12.3 Å². The van der Waals surface area contributed by atoms with E-state index in [-0.39, 0.29) is 0 Å². The molecule has 2 rings (SSSR count). The van der Waals surface area contributed by atoms with Crippen LogP contribution in [-0.4, -0.2) is 10.9 Å². The highest BCUT2D eigenvalue weighted by molar-refractivity contribution is 5.53. The second kappa shape index (κ2) is 5.73. The third-order valence-corrected chi connectivity index (χ3v) is 4.80. The molecule has 0 bridgehead atoms. The van der Waals surface area contributed by atoms with Crippen LogP contribution in [0.2, 0.25) is 0 Å². The average molecular weight is 247 g/mol. The fourth-order valence-corrected chi connectivity index (χ4v) is 3.37. The van der Waals surface area contributed by atoms with Gasteiger partial charge in [0.1, 0.15) is 6.29 Å². The second-order valence-corrected chi connectivity index (χ2v) is 5.74. The molecule has 1 atom stereocenters. The number of carbonyl (C=O) groups excluding carboxylic acids is 1. The molecule has 0 spiro atoms. The Morgan fingerprint density at radius 2 is 2.06 bits per heavy atom. The summed E-state index contributed by atoms with van der Waals surface area (Å²) in [4.78, 5) is 10.8. The quantitative estimate of drug-likeness (QED) is 0.739. The summed E-state index contributed by atoms with van der Waals surface area (Å²) in [6, 6.07) is 2.82. The Morgan fingerprint density at radius 3 is 2.56 bits per heavy atom. The second-order valence-electron chi connectivity index (χ2n) is 5.74. The van der Waals surface area contributed by atoms with Gasteiger partial charge in [0.25, 0.3) is 0 Å². The number of nitrogens with zero attached hydrogens (tertiary/aromatic N) is 1. The number of hydrogen-bond acceptors (Lipinski definition) is 1. The van der Waals surface area contributed by atoms with E-state index in [9.17, 15) is 4.79 Å². The minimum atomic E-state index is 0.324. The summed E-state index contributed by atoms with van der Waals surface area (Å²) in [7, 11) is 0. The lowest BCUT2D eigenvalue weighted by molar-refractivity contribution is -0.112. The van der Waals surface area contributed by atoms with Gasteiger partial charge in [-0.05, 0) is 63.5 Å². The van der Waals surface area contributed by atoms with Gasteiger partial charge in [-0.25, -0.2) is 0 Å². The first-order chi connectivity index (χ1) is 8.67. The first-order valence-electron chi connectivity index (χ1n) is 7.29. The zero-order valence-electron chi connectivity index (χ0n) is 11.9. The maximum absolute atomic E-state index is 10.8. The van der Waals surface area contributed by atoms with Crippen molar-refractivity contribution in [2.75, 3.05) is 0 Å². The van der Waals surface area contributed by atoms with Crippen molar-refractivity contribution in [2.24, 2.45) is 11.8 Å². The predicted octanol–water partition coefficient (Wildman–Crippen LogP) is 3.93. The average Bonchev–Trinajstić information content (AvgIpc) is 2.79. The lowest BCUT2D eigenvalue weighted by atomic mass is 9.79. The fourth-order valence-electron chi connectivity index (χ4n) is 3.37. The lowest BCUT2D eigenvalue weighted by Crippen LogP contribution is -2.23. The van der Waals surface area contributed by atoms with Crippen molar-refractivity contribution in [1.82, 2.24) is 4.57 Å². The summed E-state index contributed by atoms with van der Waals surface area (Å²) in [5, 5.41) is 0. The van der Waals surface area contributed by atoms with Crippen LogP contribution in [0.4, 0.5) is 0 Å². The largest absolute Gasteiger partial charge is 0.348 e. The van der Waals surface area contributed by atoms with Crippen LogP contribution in [0.5, 0.6) is 0 Å². The Hall–Kier alpha value is -1.05. The van der Waals surface area contributed by atoms with E-state index in [1.54, 1.807) is 0 Å². The highest BCUT2D eigenvalue weighted by Crippen LogP contribution is 2.35. The molecule has 18 heavy (non-hydrogen) atoms. The van der Waals surface area contributed by atoms with Gasteiger partial charge < -0.3 is 9.36 Å². The normalized spacial score (nSPS) is 25.9. The van der Waals surface area contributed by atoms with E-state index in [2.05, 4.69) is 37.6 Å². The molecule has 1 unspecified atom stereocenters. The van der Waals surface area contributed by atoms with Gasteiger partial charge in [-0.3, -0.25) is 0 Å². The molecule has 0 aromatic carbocycles. The minimum absolute atomic E-state index is 0.324. The summed E-state index contributed by atoms with van der Waals surface area (Å²) < 4.78 is 2.44. The predicted molar refractivity (Wildman–Crippen MR) is 74.8 cm³/mol. The highest BCUT2D eigenvalue weighted by atomic mass is 16.1. The van der Waals surface area contributed by atoms with Crippen molar-refractivity contribution in [2.45, 2.75) is 58.9 Å². The summed E-state index contributed by atoms with van der Waals surface area (Å²) in [5.74, 6) is 1.06. The van der Waals surface area contributed by atoms with Crippen molar-refractivity contribution >= 4 is 6.29 Å². The highest BCUT2D eigenvalue weighted by Gasteiger charge is 2.26. The van der Waals surface area contributed by atoms with Crippen LogP contribution in [-0.2, 0) is 11.2 Å². The van der Waals surface area contributed by atoms with Crippen LogP contribution in [0.3, 0.4) is 0 Å². The number of rotatable bonds is 4. The Kier molecular flexibility index (Phi) is 4.26. The smallest absolute Gasteiger partial charge is 0.123 e. The molecule has 100 valence electrons. The van der Waals surface area contributed by atoms with Gasteiger partial charge in [0.2, 0.25) is 0 Å². The van der Waals surface area contributed by atoms with Crippen molar-refractivity contribution < 1.29 is 4.79 Å². The van der Waals surface area contributed by atoms with Gasteiger partial charge in [-0.2, -0.15) is 0 Å². The van der Waals surface area contributed by atoms with Crippen molar-refractivity contribution in [3.63, 3.8) is 0 Å². The Morgan fingerprint density at radius 1 is 1.39 bits per heavy atom. The molecule has 1 saturated carbocycles. The van der Waals surface area contributed by atoms with Crippen LogP contribution < -0.4 is 0 Å². The summed E-state index contributed by atoms with van der Waals surface area (Å²) in [6.45, 7) is 6.78. The molecule has 1 aromatic rings. The van der Waals surface area contributed by atoms with Crippen molar-refractivity contribution in [1.29, 1.82) is 0 Å². The third-order valence-electron chi connectivity index (χ3n) is 4.80. The van der Waals surface area contributed by atoms with Gasteiger partial charge in [0.05, 0.1) is 0 Å². The van der Waals surface area contributed by atoms with E-state index in [1.165, 1.54) is 24.1 Å². The van der Waals surface area contributed by atoms with Gasteiger partial charge in [-0.15, -0.1) is 0 Å². The molecule has 1 aliphatic carbocycles. The Labute approximate surface area is 110 Å². The van der Waals surface area contributed by atoms with E-state index in [4.69, 9.17) is 0 Å². The van der Waals surface area contributed by atoms with E-state index >= 15 is 0 Å². The molecule has 1 aromatic heterocycles. The zero-order valence-corrected chi connectivity index (χ0v) is 11.9. The summed E-state index contributed by atoms with van der Waals surface area (Å²) in [5.41, 5.74) is 2.88. The molecule has 2 heteroatoms. The van der Waals surface area contributed by atoms with E-state index in [0.717, 1.165) is 31.5 Å². The standard InChI is InChI=1S/C16H25NO/c1-4-15-9-10-17(12(15)2)13(3)16-7-5-14(11-18)6-8-16/h9-11,13-14,16H,4-8H2,1-3H3. The van der Waals surface area contributed by atoms with Gasteiger partial charge >= 0.3 is 0 Å². The van der Waals surface area contributed by atoms with Crippen LogP contribution in [0, 0.1) is 18.8 Å². The van der Waals surface area contributed by atoms with Crippen LogP contribution in [0.1, 0.15) is 56.8 Å². The number of aryl methyl sites for hydroxylation is 1. The number of carbonyl (C=O) groups is 1. The van der Waals surface area contributed by atoms with Crippen molar-refractivity contribution in [3.05, 3.63) is 23.5 Å². The molecule has 1 aliphatic rings. The maximum Gasteiger partial charge on any atom is 0.123 e. The van der Waals surface area contributed by atoms with Crippen LogP contribution >= 0.6 is 0 Å². The molecule has 0 N–H and O–H groups in total. The fraction of sp³-hybridized carbons (Fsp3) is 0.688. The number of aldehydes is 1. The van der Waals surface area contributed by atoms with Gasteiger partial charge in [-0.1, -0.05) is 6.92 Å². The topological polar surface area (TPSA) is 22.0 Å². The molecule has 2 nitrogen and oxygen atoms in total.